The number of nitrogens with zero attached hydrogens (tertiary/aromatic N) is 2. The summed E-state index contributed by atoms with van der Waals surface area (Å²) in [6.45, 7) is 1.94. The summed E-state index contributed by atoms with van der Waals surface area (Å²) >= 11 is 1.05. The summed E-state index contributed by atoms with van der Waals surface area (Å²) in [6, 6.07) is 5.94. The number of aromatic nitrogens is 1. The molecule has 1 fully saturated rings. The minimum Gasteiger partial charge on any atom is -0.699 e. The van der Waals surface area contributed by atoms with Gasteiger partial charge in [0.15, 0.2) is 11.6 Å². The van der Waals surface area contributed by atoms with Crippen molar-refractivity contribution in [1.29, 1.82) is 0 Å². The predicted molar refractivity (Wildman–Crippen MR) is 112 cm³/mol. The molecule has 0 spiro atoms. The van der Waals surface area contributed by atoms with Gasteiger partial charge in [-0.2, -0.15) is 17.6 Å². The number of benzene rings is 1. The maximum atomic E-state index is 13.4. The summed E-state index contributed by atoms with van der Waals surface area (Å²) < 4.78 is 62.3. The molecule has 3 rings (SSSR count). The number of pyridine rings is 1. The summed E-state index contributed by atoms with van der Waals surface area (Å²) in [5, 5.41) is 12.9. The third-order valence-electron chi connectivity index (χ3n) is 3.54. The first-order chi connectivity index (χ1) is 14.6. The van der Waals surface area contributed by atoms with E-state index >= 15 is 0 Å². The Kier molecular flexibility index (Phi) is 17.7. The van der Waals surface area contributed by atoms with Crippen molar-refractivity contribution in [3.63, 3.8) is 0 Å². The zero-order valence-corrected chi connectivity index (χ0v) is 22.8. The molecule has 0 unspecified atom stereocenters. The molecule has 0 saturated carbocycles. The number of nitrogens with one attached hydrogen (secondary N) is 1. The Balaban J connectivity index is 0. The number of methoxy groups -OCH3 is 1. The van der Waals surface area contributed by atoms with E-state index in [0.717, 1.165) is 51.1 Å². The number of aliphatic hydroxyl groups excluding tert-OH is 1. The van der Waals surface area contributed by atoms with Gasteiger partial charge in [-0.25, -0.2) is 9.37 Å². The van der Waals surface area contributed by atoms with Crippen molar-refractivity contribution in [2.24, 2.45) is 5.14 Å². The average molecular weight is 708 g/mol. The van der Waals surface area contributed by atoms with E-state index < -0.39 is 17.8 Å². The second-order valence-electron chi connectivity index (χ2n) is 5.89. The molecule has 1 aromatic carbocycles. The first-order valence-electron chi connectivity index (χ1n) is 8.89. The first-order valence-corrected chi connectivity index (χ1v) is 9.77. The second kappa shape index (κ2) is 17.2. The van der Waals surface area contributed by atoms with E-state index in [0.29, 0.717) is 16.4 Å². The molecule has 13 heteroatoms. The van der Waals surface area contributed by atoms with Crippen LogP contribution in [0, 0.1) is 42.7 Å². The molecule has 6 nitrogen and oxygen atoms in total. The molecule has 0 aliphatic carbocycles. The van der Waals surface area contributed by atoms with Crippen molar-refractivity contribution in [1.82, 2.24) is 4.98 Å². The number of halogens is 5. The molecule has 2 heterocycles. The number of alkyl halides is 3. The van der Waals surface area contributed by atoms with E-state index in [9.17, 15) is 22.0 Å². The van der Waals surface area contributed by atoms with Crippen molar-refractivity contribution in [2.75, 3.05) is 32.2 Å². The molecule has 0 bridgehead atoms. The van der Waals surface area contributed by atoms with Crippen molar-refractivity contribution < 1.29 is 62.9 Å². The van der Waals surface area contributed by atoms with Crippen LogP contribution in [0.1, 0.15) is 19.8 Å². The number of anilines is 1. The quantitative estimate of drug-likeness (QED) is 0.324. The maximum Gasteiger partial charge on any atom is 0.386 e. The Morgan fingerprint density at radius 3 is 2.09 bits per heavy atom. The van der Waals surface area contributed by atoms with Gasteiger partial charge in [-0.3, -0.25) is 5.14 Å². The average Bonchev–Trinajstić information content (AvgIpc) is 3.25. The number of hydrogen-bond donors (Lipinski definition) is 2. The minimum atomic E-state index is -4.00. The molecule has 0 atom stereocenters. The topological polar surface area (TPSA) is 95.4 Å². The van der Waals surface area contributed by atoms with Crippen LogP contribution in [-0.2, 0) is 0 Å². The fourth-order valence-corrected chi connectivity index (χ4v) is 2.71. The van der Waals surface area contributed by atoms with Crippen LogP contribution in [0.4, 0.5) is 33.3 Å². The molecular formula is C19H26F5N4O2SU-. The van der Waals surface area contributed by atoms with Gasteiger partial charge in [0.25, 0.3) is 0 Å². The molecule has 1 aromatic heterocycles. The van der Waals surface area contributed by atoms with E-state index in [-0.39, 0.29) is 43.8 Å². The first kappa shape index (κ1) is 32.9. The number of ether oxygens (including phenoxy) is 1. The second-order valence-corrected chi connectivity index (χ2v) is 6.54. The van der Waals surface area contributed by atoms with E-state index in [1.165, 1.54) is 7.11 Å². The van der Waals surface area contributed by atoms with E-state index in [1.54, 1.807) is 24.4 Å². The Bertz CT molecular complexity index is 776. The summed E-state index contributed by atoms with van der Waals surface area (Å²) in [7, 11) is 2.36. The zero-order valence-electron chi connectivity index (χ0n) is 17.8. The Morgan fingerprint density at radius 2 is 1.69 bits per heavy atom. The number of hydrogen-bond acceptors (Lipinski definition) is 6. The van der Waals surface area contributed by atoms with Crippen LogP contribution in [0.3, 0.4) is 0 Å². The van der Waals surface area contributed by atoms with Gasteiger partial charge in [0, 0.05) is 64.4 Å². The normalized spacial score (nSPS) is 12.1. The van der Waals surface area contributed by atoms with Crippen LogP contribution in [0.25, 0.3) is 5.73 Å². The fourth-order valence-electron chi connectivity index (χ4n) is 2.40. The van der Waals surface area contributed by atoms with Crippen LogP contribution < -0.4 is 14.8 Å². The van der Waals surface area contributed by atoms with Crippen LogP contribution in [-0.4, -0.2) is 43.6 Å². The van der Waals surface area contributed by atoms with Crippen LogP contribution in [0.15, 0.2) is 35.5 Å². The third-order valence-corrected chi connectivity index (χ3v) is 4.00. The number of nitrogens with two attached hydrogens (primary N) is 1. The van der Waals surface area contributed by atoms with Gasteiger partial charge in [0.1, 0.15) is 5.03 Å². The van der Waals surface area contributed by atoms with Crippen molar-refractivity contribution in [3.05, 3.63) is 47.8 Å². The van der Waals surface area contributed by atoms with Crippen LogP contribution >= 0.6 is 11.9 Å². The molecule has 1 aliphatic rings. The molecule has 1 aliphatic heterocycles. The molecule has 32 heavy (non-hydrogen) atoms. The van der Waals surface area contributed by atoms with Gasteiger partial charge in [-0.1, -0.05) is 6.07 Å². The summed E-state index contributed by atoms with van der Waals surface area (Å²) in [4.78, 5) is 5.89. The third kappa shape index (κ3) is 13.3. The van der Waals surface area contributed by atoms with E-state index in [4.69, 9.17) is 20.7 Å². The SMILES string of the molecule is CC(F)(F)F.CO.COc1c(N2CCCC2)ccc(F)c1F.[NH-]c1ccnc(SN)c1.[U]. The zero-order chi connectivity index (χ0) is 24.0. The van der Waals surface area contributed by atoms with Gasteiger partial charge in [0.05, 0.1) is 12.8 Å². The standard InChI is InChI=1S/C11H13F2NO.C5H6N3S.C2H3F3.CH4O.U/c1-15-11-9(14-6-2-3-7-14)5-4-8(12)10(11)13;6-4-1-2-8-5(3-4)9-7;1-2(3,4)5;1-2;/h4-5H,2-3,6-7H2,1H3;1-3H,7H2,(H-,6,8);1H3;2H,1H3;/q;-1;;;. The molecule has 1 saturated heterocycles. The maximum absolute atomic E-state index is 13.4. The smallest absolute Gasteiger partial charge is 0.386 e. The molecular weight excluding hydrogens is 681 g/mol. The Labute approximate surface area is 212 Å². The van der Waals surface area contributed by atoms with Gasteiger partial charge in [-0.15, -0.1) is 5.69 Å². The largest absolute Gasteiger partial charge is 0.699 e. The molecule has 180 valence electrons. The molecule has 2 aromatic rings. The summed E-state index contributed by atoms with van der Waals surface area (Å²) in [6.07, 6.45) is -0.262. The van der Waals surface area contributed by atoms with Crippen molar-refractivity contribution in [2.45, 2.75) is 31.0 Å². The van der Waals surface area contributed by atoms with E-state index in [2.05, 4.69) is 4.98 Å². The van der Waals surface area contributed by atoms with Gasteiger partial charge < -0.3 is 20.5 Å². The van der Waals surface area contributed by atoms with Crippen LogP contribution in [0.5, 0.6) is 5.75 Å². The molecule has 0 amide bonds. The van der Waals surface area contributed by atoms with Crippen molar-refractivity contribution >= 4 is 23.3 Å². The molecule has 4 N–H and O–H groups in total. The minimum absolute atomic E-state index is 0. The number of rotatable bonds is 3. The monoisotopic (exact) mass is 707 g/mol. The van der Waals surface area contributed by atoms with Gasteiger partial charge in [-0.05, 0) is 43.0 Å². The summed E-state index contributed by atoms with van der Waals surface area (Å²) in [5.41, 5.74) is 8.22. The summed E-state index contributed by atoms with van der Waals surface area (Å²) in [5.74, 6) is -1.76. The van der Waals surface area contributed by atoms with Crippen LogP contribution in [0.2, 0.25) is 0 Å². The molecule has 0 radical (unpaired) electrons. The fraction of sp³-hybridized carbons (Fsp3) is 0.421. The Hall–Kier alpha value is -1.26. The van der Waals surface area contributed by atoms with Gasteiger partial charge in [0.2, 0.25) is 5.82 Å². The number of aliphatic hydroxyl groups is 1. The Morgan fingerprint density at radius 1 is 1.16 bits per heavy atom. The van der Waals surface area contributed by atoms with Crippen molar-refractivity contribution in [3.8, 4) is 5.75 Å². The van der Waals surface area contributed by atoms with E-state index in [1.807, 2.05) is 4.90 Å². The van der Waals surface area contributed by atoms with Gasteiger partial charge >= 0.3 is 6.18 Å². The predicted octanol–water partition coefficient (Wildman–Crippen LogP) is 5.48.